The molecule has 1 aliphatic carbocycles. The van der Waals surface area contributed by atoms with E-state index < -0.39 is 10.8 Å². The van der Waals surface area contributed by atoms with Crippen molar-refractivity contribution in [1.29, 1.82) is 0 Å². The average molecular weight is 427 g/mol. The number of hydrogen-bond donors (Lipinski definition) is 1. The van der Waals surface area contributed by atoms with E-state index in [1.54, 1.807) is 18.5 Å². The summed E-state index contributed by atoms with van der Waals surface area (Å²) in [6.07, 6.45) is 8.25. The Morgan fingerprint density at radius 1 is 1.21 bits per heavy atom. The highest BCUT2D eigenvalue weighted by Gasteiger charge is 2.20. The Bertz CT molecular complexity index is 1020. The van der Waals surface area contributed by atoms with Gasteiger partial charge in [0.1, 0.15) is 0 Å². The molecule has 0 radical (unpaired) electrons. The second kappa shape index (κ2) is 8.71. The third-order valence-electron chi connectivity index (χ3n) is 4.85. The van der Waals surface area contributed by atoms with Crippen molar-refractivity contribution in [3.8, 4) is 0 Å². The number of thiophene rings is 1. The Morgan fingerprint density at radius 2 is 1.97 bits per heavy atom. The third-order valence-corrected chi connectivity index (χ3v) is 6.96. The van der Waals surface area contributed by atoms with Crippen LogP contribution in [0.3, 0.4) is 0 Å². The summed E-state index contributed by atoms with van der Waals surface area (Å²) in [5.74, 6) is 0.210. The van der Waals surface area contributed by atoms with Crippen molar-refractivity contribution in [2.45, 2.75) is 40.7 Å². The second-order valence-corrected chi connectivity index (χ2v) is 9.04. The van der Waals surface area contributed by atoms with Crippen molar-refractivity contribution in [1.82, 2.24) is 9.97 Å². The maximum Gasteiger partial charge on any atom is 0.270 e. The number of rotatable bonds is 6. The molecule has 2 aromatic heterocycles. The predicted octanol–water partition coefficient (Wildman–Crippen LogP) is 5.51. The van der Waals surface area contributed by atoms with E-state index in [9.17, 15) is 14.9 Å². The van der Waals surface area contributed by atoms with Gasteiger partial charge in [-0.2, -0.15) is 0 Å². The van der Waals surface area contributed by atoms with Crippen molar-refractivity contribution in [2.24, 2.45) is 0 Å². The molecule has 4 rings (SSSR count). The predicted molar refractivity (Wildman–Crippen MR) is 113 cm³/mol. The monoisotopic (exact) mass is 426 g/mol. The maximum absolute atomic E-state index is 12.9. The van der Waals surface area contributed by atoms with Crippen molar-refractivity contribution >= 4 is 40.6 Å². The SMILES string of the molecule is O=C(Nc1ncc(C2CCCC2)cn1)c1cc([N+](=O)[O-])ccc1Sc1cccs1. The molecule has 2 heterocycles. The number of amides is 1. The van der Waals surface area contributed by atoms with Crippen LogP contribution in [0.2, 0.25) is 0 Å². The Hall–Kier alpha value is -2.78. The second-order valence-electron chi connectivity index (χ2n) is 6.75. The molecule has 0 unspecified atom stereocenters. The average Bonchev–Trinajstić information content (AvgIpc) is 3.43. The van der Waals surface area contributed by atoms with E-state index in [0.29, 0.717) is 10.8 Å². The minimum Gasteiger partial charge on any atom is -0.290 e. The number of carbonyl (C=O) groups is 1. The highest BCUT2D eigenvalue weighted by atomic mass is 32.2. The molecule has 29 heavy (non-hydrogen) atoms. The van der Waals surface area contributed by atoms with E-state index in [2.05, 4.69) is 15.3 Å². The summed E-state index contributed by atoms with van der Waals surface area (Å²) in [7, 11) is 0. The van der Waals surface area contributed by atoms with Crippen LogP contribution in [0.5, 0.6) is 0 Å². The zero-order valence-electron chi connectivity index (χ0n) is 15.4. The van der Waals surface area contributed by atoms with E-state index in [1.165, 1.54) is 48.1 Å². The minimum absolute atomic E-state index is 0.136. The number of non-ortho nitro benzene ring substituents is 1. The Morgan fingerprint density at radius 3 is 2.62 bits per heavy atom. The molecule has 1 aliphatic rings. The number of anilines is 1. The van der Waals surface area contributed by atoms with Crippen molar-refractivity contribution in [3.63, 3.8) is 0 Å². The van der Waals surface area contributed by atoms with Crippen LogP contribution in [-0.2, 0) is 0 Å². The molecule has 0 saturated heterocycles. The van der Waals surface area contributed by atoms with Crippen molar-refractivity contribution in [3.05, 3.63) is 69.3 Å². The number of aromatic nitrogens is 2. The van der Waals surface area contributed by atoms with Gasteiger partial charge in [0.05, 0.1) is 14.7 Å². The zero-order valence-corrected chi connectivity index (χ0v) is 17.0. The van der Waals surface area contributed by atoms with Gasteiger partial charge in [0.25, 0.3) is 11.6 Å². The minimum atomic E-state index is -0.511. The fraction of sp³-hybridized carbons (Fsp3) is 0.250. The molecule has 0 bridgehead atoms. The molecule has 148 valence electrons. The van der Waals surface area contributed by atoms with E-state index in [-0.39, 0.29) is 17.2 Å². The van der Waals surface area contributed by atoms with E-state index in [4.69, 9.17) is 0 Å². The number of benzene rings is 1. The lowest BCUT2D eigenvalue weighted by molar-refractivity contribution is -0.384. The number of nitro benzene ring substituents is 1. The van der Waals surface area contributed by atoms with Crippen molar-refractivity contribution in [2.75, 3.05) is 5.32 Å². The molecule has 3 aromatic rings. The van der Waals surface area contributed by atoms with Gasteiger partial charge in [0.2, 0.25) is 5.95 Å². The van der Waals surface area contributed by atoms with Crippen LogP contribution in [0.15, 0.2) is 57.2 Å². The summed E-state index contributed by atoms with van der Waals surface area (Å²) >= 11 is 2.93. The fourth-order valence-corrected chi connectivity index (χ4v) is 5.21. The van der Waals surface area contributed by atoms with Crippen LogP contribution in [0.1, 0.15) is 47.5 Å². The maximum atomic E-state index is 12.9. The molecule has 0 aliphatic heterocycles. The first kappa shape index (κ1) is 19.5. The summed E-state index contributed by atoms with van der Waals surface area (Å²) in [4.78, 5) is 32.7. The number of nitro groups is 1. The fourth-order valence-electron chi connectivity index (χ4n) is 3.37. The van der Waals surface area contributed by atoms with E-state index >= 15 is 0 Å². The first-order valence-corrected chi connectivity index (χ1v) is 10.9. The molecule has 9 heteroatoms. The van der Waals surface area contributed by atoms with Gasteiger partial charge >= 0.3 is 0 Å². The Kier molecular flexibility index (Phi) is 5.86. The molecule has 1 N–H and O–H groups in total. The largest absolute Gasteiger partial charge is 0.290 e. The molecular weight excluding hydrogens is 408 g/mol. The lowest BCUT2D eigenvalue weighted by Gasteiger charge is -2.10. The summed E-state index contributed by atoms with van der Waals surface area (Å²) in [6.45, 7) is 0. The number of nitrogens with one attached hydrogen (secondary N) is 1. The van der Waals surface area contributed by atoms with Crippen LogP contribution in [0.25, 0.3) is 0 Å². The summed E-state index contributed by atoms with van der Waals surface area (Å²) in [6, 6.07) is 8.14. The quantitative estimate of drug-likeness (QED) is 0.412. The number of nitrogens with zero attached hydrogens (tertiary/aromatic N) is 3. The summed E-state index contributed by atoms with van der Waals surface area (Å²) in [5, 5.41) is 15.8. The third kappa shape index (κ3) is 4.63. The Balaban J connectivity index is 1.56. The molecule has 1 saturated carbocycles. The smallest absolute Gasteiger partial charge is 0.270 e. The molecule has 1 fully saturated rings. The van der Waals surface area contributed by atoms with Gasteiger partial charge in [-0.25, -0.2) is 9.97 Å². The molecule has 7 nitrogen and oxygen atoms in total. The van der Waals surface area contributed by atoms with Crippen LogP contribution >= 0.6 is 23.1 Å². The Labute approximate surface area is 175 Å². The highest BCUT2D eigenvalue weighted by molar-refractivity contribution is 8.01. The molecule has 0 atom stereocenters. The first-order valence-electron chi connectivity index (χ1n) is 9.23. The van der Waals surface area contributed by atoms with Gasteiger partial charge in [-0.1, -0.05) is 30.7 Å². The lowest BCUT2D eigenvalue weighted by atomic mass is 10.0. The standard InChI is InChI=1S/C20H18N4O3S2/c25-19(23-20-21-11-14(12-22-20)13-4-1-2-5-13)16-10-15(24(26)27)7-8-17(16)29-18-6-3-9-28-18/h3,6-13H,1-2,4-5H2,(H,21,22,23,25). The van der Waals surface area contributed by atoms with Crippen LogP contribution < -0.4 is 5.32 Å². The summed E-state index contributed by atoms with van der Waals surface area (Å²) in [5.41, 5.74) is 1.18. The van der Waals surface area contributed by atoms with Crippen molar-refractivity contribution < 1.29 is 9.72 Å². The van der Waals surface area contributed by atoms with Crippen LogP contribution in [0.4, 0.5) is 11.6 Å². The molecule has 1 aromatic carbocycles. The summed E-state index contributed by atoms with van der Waals surface area (Å²) < 4.78 is 0.991. The van der Waals surface area contributed by atoms with Gasteiger partial charge in [0, 0.05) is 29.4 Å². The molecular formula is C20H18N4O3S2. The van der Waals surface area contributed by atoms with Gasteiger partial charge in [0.15, 0.2) is 0 Å². The lowest BCUT2D eigenvalue weighted by Crippen LogP contribution is -2.15. The van der Waals surface area contributed by atoms with E-state index in [0.717, 1.165) is 22.6 Å². The van der Waals surface area contributed by atoms with Crippen LogP contribution in [0, 0.1) is 10.1 Å². The van der Waals surface area contributed by atoms with Gasteiger partial charge in [-0.3, -0.25) is 20.2 Å². The van der Waals surface area contributed by atoms with Gasteiger partial charge in [-0.15, -0.1) is 11.3 Å². The van der Waals surface area contributed by atoms with Crippen LogP contribution in [-0.4, -0.2) is 20.8 Å². The first-order chi connectivity index (χ1) is 14.1. The molecule has 1 amide bonds. The van der Waals surface area contributed by atoms with Gasteiger partial charge < -0.3 is 0 Å². The number of carbonyl (C=O) groups excluding carboxylic acids is 1. The number of hydrogen-bond acceptors (Lipinski definition) is 7. The molecule has 0 spiro atoms. The topological polar surface area (TPSA) is 98.0 Å². The highest BCUT2D eigenvalue weighted by Crippen LogP contribution is 2.36. The van der Waals surface area contributed by atoms with Gasteiger partial charge in [-0.05, 0) is 41.8 Å². The van der Waals surface area contributed by atoms with E-state index in [1.807, 2.05) is 17.5 Å². The normalized spacial score (nSPS) is 14.1. The zero-order chi connectivity index (χ0) is 20.2.